The van der Waals surface area contributed by atoms with Crippen molar-refractivity contribution in [3.63, 3.8) is 0 Å². The molecule has 0 radical (unpaired) electrons. The average Bonchev–Trinajstić information content (AvgIpc) is 3.40. The van der Waals surface area contributed by atoms with Crippen LogP contribution in [0.2, 0.25) is 10.0 Å². The summed E-state index contributed by atoms with van der Waals surface area (Å²) in [5, 5.41) is 8.40. The van der Waals surface area contributed by atoms with Gasteiger partial charge in [-0.05, 0) is 72.3 Å². The molecule has 2 amide bonds. The third-order valence-corrected chi connectivity index (χ3v) is 8.65. The van der Waals surface area contributed by atoms with E-state index in [4.69, 9.17) is 23.2 Å². The summed E-state index contributed by atoms with van der Waals surface area (Å²) in [6, 6.07) is 36.4. The highest BCUT2D eigenvalue weighted by Gasteiger charge is 2.17. The SMILES string of the molecule is O=C(Nc1ccc(SCC(=O)n2c3ccccc3c3ccccc32)cc1)/C(=C/c1ccc(Cl)cc1Cl)NC(=O)c1ccccc1. The third kappa shape index (κ3) is 6.81. The molecule has 222 valence electrons. The molecule has 0 unspecified atom stereocenters. The number of nitrogens with one attached hydrogen (secondary N) is 2. The van der Waals surface area contributed by atoms with Gasteiger partial charge in [0.1, 0.15) is 5.70 Å². The van der Waals surface area contributed by atoms with Crippen LogP contribution in [0.25, 0.3) is 27.9 Å². The number of aromatic nitrogens is 1. The standard InChI is InChI=1S/C36H25Cl2N3O3S/c37-25-15-14-24(30(38)21-25)20-31(40-35(43)23-8-2-1-3-9-23)36(44)39-26-16-18-27(19-17-26)45-22-34(42)41-32-12-6-4-10-28(32)29-11-5-7-13-33(29)41/h1-21H,22H2,(H,39,44)(H,40,43)/b31-20-. The lowest BCUT2D eigenvalue weighted by molar-refractivity contribution is -0.113. The van der Waals surface area contributed by atoms with E-state index in [0.717, 1.165) is 26.7 Å². The number of para-hydroxylation sites is 2. The zero-order valence-corrected chi connectivity index (χ0v) is 26.0. The van der Waals surface area contributed by atoms with Gasteiger partial charge in [-0.1, -0.05) is 83.9 Å². The summed E-state index contributed by atoms with van der Waals surface area (Å²) in [6.07, 6.45) is 1.50. The topological polar surface area (TPSA) is 80.2 Å². The van der Waals surface area contributed by atoms with Crippen molar-refractivity contribution in [2.24, 2.45) is 0 Å². The fourth-order valence-electron chi connectivity index (χ4n) is 4.95. The molecule has 45 heavy (non-hydrogen) atoms. The van der Waals surface area contributed by atoms with Crippen LogP contribution in [0, 0.1) is 0 Å². The molecule has 0 fully saturated rings. The van der Waals surface area contributed by atoms with E-state index in [-0.39, 0.29) is 17.4 Å². The highest BCUT2D eigenvalue weighted by atomic mass is 35.5. The molecular formula is C36H25Cl2N3O3S. The van der Waals surface area contributed by atoms with Crippen LogP contribution in [-0.2, 0) is 4.79 Å². The van der Waals surface area contributed by atoms with Crippen molar-refractivity contribution >= 4 is 86.3 Å². The van der Waals surface area contributed by atoms with Crippen molar-refractivity contribution in [3.05, 3.63) is 148 Å². The van der Waals surface area contributed by atoms with Gasteiger partial charge >= 0.3 is 0 Å². The van der Waals surface area contributed by atoms with E-state index >= 15 is 0 Å². The Morgan fingerprint density at radius 1 is 0.733 bits per heavy atom. The second kappa shape index (κ2) is 13.4. The van der Waals surface area contributed by atoms with Gasteiger partial charge in [-0.25, -0.2) is 0 Å². The van der Waals surface area contributed by atoms with Gasteiger partial charge in [-0.2, -0.15) is 0 Å². The summed E-state index contributed by atoms with van der Waals surface area (Å²) in [5.74, 6) is -0.775. The number of fused-ring (bicyclic) bond motifs is 3. The number of carbonyl (C=O) groups is 3. The predicted octanol–water partition coefficient (Wildman–Crippen LogP) is 8.94. The summed E-state index contributed by atoms with van der Waals surface area (Å²) >= 11 is 13.8. The van der Waals surface area contributed by atoms with E-state index in [9.17, 15) is 14.4 Å². The molecule has 6 aromatic rings. The molecule has 0 saturated heterocycles. The number of rotatable bonds is 8. The average molecular weight is 651 g/mol. The van der Waals surface area contributed by atoms with Crippen LogP contribution in [0.4, 0.5) is 5.69 Å². The van der Waals surface area contributed by atoms with E-state index in [1.807, 2.05) is 60.7 Å². The highest BCUT2D eigenvalue weighted by molar-refractivity contribution is 8.00. The van der Waals surface area contributed by atoms with E-state index in [1.165, 1.54) is 17.8 Å². The van der Waals surface area contributed by atoms with E-state index in [1.54, 1.807) is 65.2 Å². The van der Waals surface area contributed by atoms with Crippen molar-refractivity contribution in [2.75, 3.05) is 11.1 Å². The lowest BCUT2D eigenvalue weighted by Crippen LogP contribution is -2.30. The number of halogens is 2. The maximum Gasteiger partial charge on any atom is 0.272 e. The number of hydrogen-bond donors (Lipinski definition) is 2. The van der Waals surface area contributed by atoms with Gasteiger partial charge in [-0.15, -0.1) is 11.8 Å². The zero-order chi connectivity index (χ0) is 31.3. The monoisotopic (exact) mass is 649 g/mol. The first-order valence-electron chi connectivity index (χ1n) is 14.0. The first kappa shape index (κ1) is 30.2. The molecule has 6 nitrogen and oxygen atoms in total. The Balaban J connectivity index is 1.17. The Bertz CT molecular complexity index is 2040. The minimum Gasteiger partial charge on any atom is -0.321 e. The van der Waals surface area contributed by atoms with Crippen molar-refractivity contribution in [2.45, 2.75) is 4.90 Å². The number of amides is 2. The van der Waals surface area contributed by atoms with E-state index < -0.39 is 11.8 Å². The van der Waals surface area contributed by atoms with Gasteiger partial charge in [0.25, 0.3) is 11.8 Å². The number of carbonyl (C=O) groups excluding carboxylic acids is 3. The van der Waals surface area contributed by atoms with Gasteiger partial charge in [0, 0.05) is 37.0 Å². The van der Waals surface area contributed by atoms with Gasteiger partial charge in [-0.3, -0.25) is 19.0 Å². The molecule has 1 heterocycles. The molecule has 0 aliphatic heterocycles. The van der Waals surface area contributed by atoms with Crippen molar-refractivity contribution in [1.29, 1.82) is 0 Å². The molecule has 9 heteroatoms. The van der Waals surface area contributed by atoms with Crippen molar-refractivity contribution in [1.82, 2.24) is 9.88 Å². The first-order chi connectivity index (χ1) is 21.9. The molecule has 0 spiro atoms. The first-order valence-corrected chi connectivity index (χ1v) is 15.7. The minimum absolute atomic E-state index is 0.00306. The Hall–Kier alpha value is -4.82. The van der Waals surface area contributed by atoms with Crippen molar-refractivity contribution in [3.8, 4) is 0 Å². The maximum atomic E-state index is 13.4. The second-order valence-electron chi connectivity index (χ2n) is 10.1. The number of benzene rings is 5. The molecule has 5 aromatic carbocycles. The van der Waals surface area contributed by atoms with Gasteiger partial charge in [0.05, 0.1) is 16.8 Å². The van der Waals surface area contributed by atoms with Crippen LogP contribution in [0.5, 0.6) is 0 Å². The molecule has 2 N–H and O–H groups in total. The largest absolute Gasteiger partial charge is 0.321 e. The molecule has 0 bridgehead atoms. The summed E-state index contributed by atoms with van der Waals surface area (Å²) in [6.45, 7) is 0. The number of hydrogen-bond acceptors (Lipinski definition) is 4. The zero-order valence-electron chi connectivity index (χ0n) is 23.7. The maximum absolute atomic E-state index is 13.4. The van der Waals surface area contributed by atoms with Crippen molar-refractivity contribution < 1.29 is 14.4 Å². The van der Waals surface area contributed by atoms with Crippen LogP contribution >= 0.6 is 35.0 Å². The summed E-state index contributed by atoms with van der Waals surface area (Å²) in [5.41, 5.74) is 3.19. The Morgan fingerprint density at radius 2 is 1.36 bits per heavy atom. The number of anilines is 1. The van der Waals surface area contributed by atoms with Crippen LogP contribution in [0.1, 0.15) is 20.7 Å². The Kier molecular flexibility index (Phi) is 9.03. The summed E-state index contributed by atoms with van der Waals surface area (Å²) in [7, 11) is 0. The molecule has 0 atom stereocenters. The van der Waals surface area contributed by atoms with Gasteiger partial charge < -0.3 is 10.6 Å². The second-order valence-corrected chi connectivity index (χ2v) is 12.0. The highest BCUT2D eigenvalue weighted by Crippen LogP contribution is 2.30. The van der Waals surface area contributed by atoms with Gasteiger partial charge in [0.2, 0.25) is 5.91 Å². The van der Waals surface area contributed by atoms with Crippen LogP contribution in [0.15, 0.2) is 132 Å². The molecule has 0 aliphatic rings. The Morgan fingerprint density at radius 3 is 2.00 bits per heavy atom. The molecule has 0 aliphatic carbocycles. The fourth-order valence-corrected chi connectivity index (χ4v) is 6.16. The van der Waals surface area contributed by atoms with E-state index in [0.29, 0.717) is 26.9 Å². The van der Waals surface area contributed by atoms with Crippen LogP contribution in [0.3, 0.4) is 0 Å². The normalized spacial score (nSPS) is 11.5. The lowest BCUT2D eigenvalue weighted by Gasteiger charge is -2.12. The molecule has 1 aromatic heterocycles. The predicted molar refractivity (Wildman–Crippen MR) is 184 cm³/mol. The third-order valence-electron chi connectivity index (χ3n) is 7.10. The smallest absolute Gasteiger partial charge is 0.272 e. The summed E-state index contributed by atoms with van der Waals surface area (Å²) < 4.78 is 1.77. The lowest BCUT2D eigenvalue weighted by atomic mass is 10.1. The fraction of sp³-hybridized carbons (Fsp3) is 0.0278. The van der Waals surface area contributed by atoms with E-state index in [2.05, 4.69) is 10.6 Å². The van der Waals surface area contributed by atoms with Gasteiger partial charge in [0.15, 0.2) is 0 Å². The minimum atomic E-state index is -0.535. The molecular weight excluding hydrogens is 625 g/mol. The number of nitrogens with zero attached hydrogens (tertiary/aromatic N) is 1. The quantitative estimate of drug-likeness (QED) is 0.127. The van der Waals surface area contributed by atoms with Crippen LogP contribution < -0.4 is 10.6 Å². The molecule has 0 saturated carbocycles. The summed E-state index contributed by atoms with van der Waals surface area (Å²) in [4.78, 5) is 40.6. The number of thioether (sulfide) groups is 1. The Labute approximate surface area is 273 Å². The van der Waals surface area contributed by atoms with Crippen LogP contribution in [-0.4, -0.2) is 28.0 Å². The molecule has 6 rings (SSSR count).